The van der Waals surface area contributed by atoms with Crippen molar-refractivity contribution in [2.75, 3.05) is 35.2 Å². The minimum atomic E-state index is -0.159. The molecule has 0 atom stereocenters. The summed E-state index contributed by atoms with van der Waals surface area (Å²) < 4.78 is 5.82. The zero-order valence-electron chi connectivity index (χ0n) is 21.3. The van der Waals surface area contributed by atoms with Crippen molar-refractivity contribution < 1.29 is 14.3 Å². The normalized spacial score (nSPS) is 10.5. The van der Waals surface area contributed by atoms with Crippen LogP contribution in [-0.2, 0) is 4.79 Å². The molecule has 6 nitrogen and oxygen atoms in total. The summed E-state index contributed by atoms with van der Waals surface area (Å²) in [4.78, 5) is 27.1. The lowest BCUT2D eigenvalue weighted by Crippen LogP contribution is -2.30. The highest BCUT2D eigenvalue weighted by molar-refractivity contribution is 6.06. The lowest BCUT2D eigenvalue weighted by Gasteiger charge is -2.21. The number of hydrogen-bond donors (Lipinski definition) is 2. The number of carbonyl (C=O) groups excluding carboxylic acids is 2. The molecular formula is C30H37N3O3. The van der Waals surface area contributed by atoms with Gasteiger partial charge < -0.3 is 20.3 Å². The van der Waals surface area contributed by atoms with Gasteiger partial charge in [0.15, 0.2) is 0 Å². The van der Waals surface area contributed by atoms with E-state index >= 15 is 0 Å². The molecule has 0 aliphatic heterocycles. The molecule has 0 bridgehead atoms. The van der Waals surface area contributed by atoms with Crippen molar-refractivity contribution in [2.45, 2.75) is 46.0 Å². The molecule has 36 heavy (non-hydrogen) atoms. The number of benzene rings is 3. The van der Waals surface area contributed by atoms with Crippen molar-refractivity contribution in [2.24, 2.45) is 0 Å². The number of para-hydroxylation sites is 1. The number of carbonyl (C=O) groups is 2. The van der Waals surface area contributed by atoms with Crippen LogP contribution in [0.4, 0.5) is 17.1 Å². The van der Waals surface area contributed by atoms with Crippen LogP contribution in [0.2, 0.25) is 0 Å². The second-order valence-corrected chi connectivity index (χ2v) is 8.65. The Balaban J connectivity index is 1.46. The molecule has 2 amide bonds. The maximum Gasteiger partial charge on any atom is 0.258 e. The van der Waals surface area contributed by atoms with E-state index < -0.39 is 0 Å². The standard InChI is InChI=1S/C30H37N3O3/c1-3-5-6-7-11-21-36-28-16-12-13-26(22-28)32-29(34)23-31-25-19-17-24(18-20-25)30(35)33(4-2)27-14-9-8-10-15-27/h8-10,12-20,22,31H,3-7,11,21,23H2,1-2H3,(H,32,34). The SMILES string of the molecule is CCCCCCCOc1cccc(NC(=O)CNc2ccc(C(=O)N(CC)c3ccccc3)cc2)c1. The summed E-state index contributed by atoms with van der Waals surface area (Å²) in [5, 5.41) is 6.01. The number of nitrogens with one attached hydrogen (secondary N) is 2. The van der Waals surface area contributed by atoms with Gasteiger partial charge in [0, 0.05) is 35.2 Å². The topological polar surface area (TPSA) is 70.7 Å². The summed E-state index contributed by atoms with van der Waals surface area (Å²) in [6.07, 6.45) is 5.95. The quantitative estimate of drug-likeness (QED) is 0.247. The first-order valence-corrected chi connectivity index (χ1v) is 12.8. The Kier molecular flexibility index (Phi) is 10.8. The molecule has 0 aliphatic rings. The zero-order valence-corrected chi connectivity index (χ0v) is 21.3. The molecule has 3 aromatic rings. The smallest absolute Gasteiger partial charge is 0.258 e. The van der Waals surface area contributed by atoms with Gasteiger partial charge >= 0.3 is 0 Å². The first-order valence-electron chi connectivity index (χ1n) is 12.8. The fourth-order valence-corrected chi connectivity index (χ4v) is 3.88. The van der Waals surface area contributed by atoms with Crippen LogP contribution in [0, 0.1) is 0 Å². The van der Waals surface area contributed by atoms with Gasteiger partial charge in [0.05, 0.1) is 13.2 Å². The van der Waals surface area contributed by atoms with Crippen LogP contribution in [-0.4, -0.2) is 31.5 Å². The number of hydrogen-bond acceptors (Lipinski definition) is 4. The highest BCUT2D eigenvalue weighted by Crippen LogP contribution is 2.19. The molecule has 0 aliphatic carbocycles. The second kappa shape index (κ2) is 14.6. The third kappa shape index (κ3) is 8.45. The second-order valence-electron chi connectivity index (χ2n) is 8.65. The number of anilines is 3. The number of ether oxygens (including phenoxy) is 1. The molecule has 2 N–H and O–H groups in total. The Hall–Kier alpha value is -3.80. The lowest BCUT2D eigenvalue weighted by atomic mass is 10.1. The molecule has 0 heterocycles. The fourth-order valence-electron chi connectivity index (χ4n) is 3.88. The van der Waals surface area contributed by atoms with Gasteiger partial charge in [-0.25, -0.2) is 0 Å². The molecule has 0 saturated carbocycles. The zero-order chi connectivity index (χ0) is 25.6. The first-order chi connectivity index (χ1) is 17.6. The molecule has 6 heteroatoms. The van der Waals surface area contributed by atoms with Gasteiger partial charge in [-0.1, -0.05) is 56.9 Å². The molecule has 190 valence electrons. The third-order valence-corrected chi connectivity index (χ3v) is 5.85. The number of rotatable bonds is 14. The fraction of sp³-hybridized carbons (Fsp3) is 0.333. The van der Waals surface area contributed by atoms with Gasteiger partial charge in [-0.3, -0.25) is 9.59 Å². The van der Waals surface area contributed by atoms with Crippen LogP contribution in [0.1, 0.15) is 56.3 Å². The van der Waals surface area contributed by atoms with Crippen molar-refractivity contribution >= 4 is 28.9 Å². The summed E-state index contributed by atoms with van der Waals surface area (Å²) in [5.41, 5.74) is 2.93. The van der Waals surface area contributed by atoms with E-state index in [1.807, 2.05) is 73.7 Å². The maximum atomic E-state index is 12.9. The summed E-state index contributed by atoms with van der Waals surface area (Å²) >= 11 is 0. The summed E-state index contributed by atoms with van der Waals surface area (Å²) in [6.45, 7) is 5.53. The number of unbranched alkanes of at least 4 members (excludes halogenated alkanes) is 4. The van der Waals surface area contributed by atoms with Crippen LogP contribution in [0.5, 0.6) is 5.75 Å². The molecule has 0 saturated heterocycles. The molecule has 3 rings (SSSR count). The Morgan fingerprint density at radius 1 is 0.806 bits per heavy atom. The van der Waals surface area contributed by atoms with E-state index in [1.165, 1.54) is 25.7 Å². The van der Waals surface area contributed by atoms with E-state index in [1.54, 1.807) is 17.0 Å². The largest absolute Gasteiger partial charge is 0.494 e. The summed E-state index contributed by atoms with van der Waals surface area (Å²) in [6, 6.07) is 24.3. The molecule has 0 aromatic heterocycles. The Labute approximate surface area is 214 Å². The first kappa shape index (κ1) is 26.8. The third-order valence-electron chi connectivity index (χ3n) is 5.85. The van der Waals surface area contributed by atoms with Crippen LogP contribution in [0.15, 0.2) is 78.9 Å². The number of amides is 2. The summed E-state index contributed by atoms with van der Waals surface area (Å²) in [5.74, 6) is 0.539. The average molecular weight is 488 g/mol. The van der Waals surface area contributed by atoms with Gasteiger partial charge in [0.25, 0.3) is 5.91 Å². The van der Waals surface area contributed by atoms with Gasteiger partial charge in [-0.05, 0) is 61.9 Å². The Bertz CT molecular complexity index is 1080. The van der Waals surface area contributed by atoms with Crippen LogP contribution >= 0.6 is 0 Å². The molecule has 0 spiro atoms. The highest BCUT2D eigenvalue weighted by atomic mass is 16.5. The van der Waals surface area contributed by atoms with Gasteiger partial charge in [-0.2, -0.15) is 0 Å². The van der Waals surface area contributed by atoms with E-state index in [0.29, 0.717) is 24.4 Å². The van der Waals surface area contributed by atoms with E-state index in [0.717, 1.165) is 23.5 Å². The predicted molar refractivity (Wildman–Crippen MR) is 148 cm³/mol. The van der Waals surface area contributed by atoms with Crippen molar-refractivity contribution in [1.82, 2.24) is 0 Å². The van der Waals surface area contributed by atoms with Gasteiger partial charge in [-0.15, -0.1) is 0 Å². The van der Waals surface area contributed by atoms with Gasteiger partial charge in [0.1, 0.15) is 5.75 Å². The predicted octanol–water partition coefficient (Wildman–Crippen LogP) is 6.75. The maximum absolute atomic E-state index is 12.9. The van der Waals surface area contributed by atoms with E-state index in [4.69, 9.17) is 4.74 Å². The molecule has 0 radical (unpaired) electrons. The lowest BCUT2D eigenvalue weighted by molar-refractivity contribution is -0.114. The average Bonchev–Trinajstić information content (AvgIpc) is 2.91. The van der Waals surface area contributed by atoms with Crippen molar-refractivity contribution in [1.29, 1.82) is 0 Å². The van der Waals surface area contributed by atoms with Crippen molar-refractivity contribution in [3.8, 4) is 5.75 Å². The Morgan fingerprint density at radius 3 is 2.28 bits per heavy atom. The van der Waals surface area contributed by atoms with Crippen LogP contribution in [0.3, 0.4) is 0 Å². The van der Waals surface area contributed by atoms with Crippen LogP contribution < -0.4 is 20.3 Å². The number of nitrogens with zero attached hydrogens (tertiary/aromatic N) is 1. The van der Waals surface area contributed by atoms with E-state index in [-0.39, 0.29) is 18.4 Å². The molecule has 0 unspecified atom stereocenters. The van der Waals surface area contributed by atoms with Crippen molar-refractivity contribution in [3.05, 3.63) is 84.4 Å². The van der Waals surface area contributed by atoms with Crippen LogP contribution in [0.25, 0.3) is 0 Å². The van der Waals surface area contributed by atoms with Gasteiger partial charge in [0.2, 0.25) is 5.91 Å². The molecular weight excluding hydrogens is 450 g/mol. The molecule has 3 aromatic carbocycles. The highest BCUT2D eigenvalue weighted by Gasteiger charge is 2.15. The van der Waals surface area contributed by atoms with Crippen molar-refractivity contribution in [3.63, 3.8) is 0 Å². The van der Waals surface area contributed by atoms with E-state index in [9.17, 15) is 9.59 Å². The molecule has 0 fully saturated rings. The van der Waals surface area contributed by atoms with E-state index in [2.05, 4.69) is 17.6 Å². The monoisotopic (exact) mass is 487 g/mol. The minimum absolute atomic E-state index is 0.0592. The Morgan fingerprint density at radius 2 is 1.56 bits per heavy atom. The summed E-state index contributed by atoms with van der Waals surface area (Å²) in [7, 11) is 0. The minimum Gasteiger partial charge on any atom is -0.494 e.